The van der Waals surface area contributed by atoms with Gasteiger partial charge in [-0.05, 0) is 13.3 Å². The third kappa shape index (κ3) is 8.98. The molecule has 2 N–H and O–H groups in total. The van der Waals surface area contributed by atoms with Gasteiger partial charge in [0, 0.05) is 19.4 Å². The molecule has 0 aromatic carbocycles. The number of carboxylic acid groups (broad SMARTS) is 1. The maximum absolute atomic E-state index is 11.1. The molecule has 0 aliphatic rings. The van der Waals surface area contributed by atoms with Crippen molar-refractivity contribution in [1.82, 2.24) is 5.32 Å². The summed E-state index contributed by atoms with van der Waals surface area (Å²) in [6.45, 7) is 2.26. The molecule has 0 atom stereocenters. The maximum Gasteiger partial charge on any atom is 0.307 e. The lowest BCUT2D eigenvalue weighted by molar-refractivity contribution is -0.143. The van der Waals surface area contributed by atoms with Gasteiger partial charge in [0.15, 0.2) is 0 Å². The number of hydrogen-bond acceptors (Lipinski definition) is 4. The number of nitrogens with one attached hydrogen (secondary N) is 1. The minimum absolute atomic E-state index is 0.0225. The van der Waals surface area contributed by atoms with E-state index in [-0.39, 0.29) is 37.7 Å². The fraction of sp³-hybridized carbons (Fsp3) is 0.700. The van der Waals surface area contributed by atoms with Gasteiger partial charge in [0.05, 0.1) is 13.0 Å². The summed E-state index contributed by atoms with van der Waals surface area (Å²) in [5, 5.41) is 10.9. The average Bonchev–Trinajstić information content (AvgIpc) is 2.17. The molecule has 0 unspecified atom stereocenters. The Balaban J connectivity index is 3.43. The summed E-state index contributed by atoms with van der Waals surface area (Å²) >= 11 is 0. The number of esters is 1. The highest BCUT2D eigenvalue weighted by molar-refractivity contribution is 5.77. The average molecular weight is 231 g/mol. The first-order valence-electron chi connectivity index (χ1n) is 5.20. The van der Waals surface area contributed by atoms with Gasteiger partial charge in [-0.2, -0.15) is 0 Å². The van der Waals surface area contributed by atoms with Crippen molar-refractivity contribution in [3.8, 4) is 0 Å². The van der Waals surface area contributed by atoms with Crippen LogP contribution in [0.1, 0.15) is 32.6 Å². The van der Waals surface area contributed by atoms with Gasteiger partial charge < -0.3 is 15.2 Å². The predicted molar refractivity (Wildman–Crippen MR) is 55.7 cm³/mol. The van der Waals surface area contributed by atoms with E-state index in [1.807, 2.05) is 0 Å². The second kappa shape index (κ2) is 8.70. The first-order chi connectivity index (χ1) is 7.56. The van der Waals surface area contributed by atoms with Crippen LogP contribution in [0.4, 0.5) is 0 Å². The van der Waals surface area contributed by atoms with E-state index in [1.54, 1.807) is 6.92 Å². The van der Waals surface area contributed by atoms with Gasteiger partial charge in [0.1, 0.15) is 0 Å². The van der Waals surface area contributed by atoms with Gasteiger partial charge in [-0.3, -0.25) is 14.4 Å². The molecule has 0 spiro atoms. The smallest absolute Gasteiger partial charge is 0.307 e. The number of rotatable bonds is 8. The Morgan fingerprint density at radius 3 is 2.44 bits per heavy atom. The third-order valence-corrected chi connectivity index (χ3v) is 1.75. The van der Waals surface area contributed by atoms with E-state index >= 15 is 0 Å². The van der Waals surface area contributed by atoms with Crippen molar-refractivity contribution in [2.24, 2.45) is 0 Å². The van der Waals surface area contributed by atoms with Crippen LogP contribution in [0.3, 0.4) is 0 Å². The minimum Gasteiger partial charge on any atom is -0.481 e. The second-order valence-electron chi connectivity index (χ2n) is 3.15. The van der Waals surface area contributed by atoms with Gasteiger partial charge in [0.25, 0.3) is 0 Å². The fourth-order valence-corrected chi connectivity index (χ4v) is 1.03. The summed E-state index contributed by atoms with van der Waals surface area (Å²) in [4.78, 5) is 32.1. The highest BCUT2D eigenvalue weighted by atomic mass is 16.5. The van der Waals surface area contributed by atoms with Crippen molar-refractivity contribution in [2.45, 2.75) is 32.6 Å². The number of amides is 1. The molecule has 0 saturated carbocycles. The zero-order chi connectivity index (χ0) is 12.4. The Labute approximate surface area is 94.0 Å². The number of ether oxygens (including phenoxy) is 1. The van der Waals surface area contributed by atoms with E-state index in [2.05, 4.69) is 10.1 Å². The zero-order valence-electron chi connectivity index (χ0n) is 9.32. The van der Waals surface area contributed by atoms with Crippen molar-refractivity contribution in [1.29, 1.82) is 0 Å². The van der Waals surface area contributed by atoms with Crippen LogP contribution >= 0.6 is 0 Å². The second-order valence-corrected chi connectivity index (χ2v) is 3.15. The normalized spacial score (nSPS) is 9.56. The molecule has 16 heavy (non-hydrogen) atoms. The Morgan fingerprint density at radius 1 is 1.19 bits per heavy atom. The zero-order valence-corrected chi connectivity index (χ0v) is 9.32. The van der Waals surface area contributed by atoms with Crippen molar-refractivity contribution in [2.75, 3.05) is 13.2 Å². The first-order valence-corrected chi connectivity index (χ1v) is 5.20. The largest absolute Gasteiger partial charge is 0.481 e. The Morgan fingerprint density at radius 2 is 1.88 bits per heavy atom. The van der Waals surface area contributed by atoms with Crippen molar-refractivity contribution in [3.63, 3.8) is 0 Å². The summed E-state index contributed by atoms with van der Waals surface area (Å²) in [5.74, 6) is -1.52. The van der Waals surface area contributed by atoms with Crippen LogP contribution in [0.25, 0.3) is 0 Å². The van der Waals surface area contributed by atoms with E-state index in [4.69, 9.17) is 5.11 Å². The molecule has 1 amide bonds. The lowest BCUT2D eigenvalue weighted by atomic mass is 10.2. The molecular weight excluding hydrogens is 214 g/mol. The molecule has 0 aromatic rings. The highest BCUT2D eigenvalue weighted by Gasteiger charge is 2.05. The van der Waals surface area contributed by atoms with Crippen molar-refractivity contribution in [3.05, 3.63) is 0 Å². The number of carboxylic acids is 1. The van der Waals surface area contributed by atoms with E-state index in [0.717, 1.165) is 0 Å². The van der Waals surface area contributed by atoms with Gasteiger partial charge >= 0.3 is 11.9 Å². The van der Waals surface area contributed by atoms with Crippen molar-refractivity contribution < 1.29 is 24.2 Å². The SMILES string of the molecule is CCOC(=O)CCNC(=O)CCCC(=O)O. The number of carbonyl (C=O) groups excluding carboxylic acids is 2. The van der Waals surface area contributed by atoms with Crippen LogP contribution in [-0.4, -0.2) is 36.1 Å². The van der Waals surface area contributed by atoms with Crippen molar-refractivity contribution >= 4 is 17.8 Å². The predicted octanol–water partition coefficient (Wildman–Crippen LogP) is 0.311. The Kier molecular flexibility index (Phi) is 7.83. The molecule has 0 rings (SSSR count). The fourth-order valence-electron chi connectivity index (χ4n) is 1.03. The molecule has 0 fully saturated rings. The molecule has 0 radical (unpaired) electrons. The summed E-state index contributed by atoms with van der Waals surface area (Å²) < 4.78 is 4.67. The molecule has 0 saturated heterocycles. The summed E-state index contributed by atoms with van der Waals surface area (Å²) in [6, 6.07) is 0. The molecule has 92 valence electrons. The number of hydrogen-bond donors (Lipinski definition) is 2. The van der Waals surface area contributed by atoms with Gasteiger partial charge in [-0.1, -0.05) is 0 Å². The summed E-state index contributed by atoms with van der Waals surface area (Å²) in [7, 11) is 0. The molecule has 0 bridgehead atoms. The maximum atomic E-state index is 11.1. The van der Waals surface area contributed by atoms with E-state index in [9.17, 15) is 14.4 Å². The number of aliphatic carboxylic acids is 1. The summed E-state index contributed by atoms with van der Waals surface area (Å²) in [6.07, 6.45) is 0.583. The lowest BCUT2D eigenvalue weighted by Gasteiger charge is -2.04. The van der Waals surface area contributed by atoms with Gasteiger partial charge in [0.2, 0.25) is 5.91 Å². The van der Waals surface area contributed by atoms with Crippen LogP contribution in [0.15, 0.2) is 0 Å². The molecule has 0 heterocycles. The lowest BCUT2D eigenvalue weighted by Crippen LogP contribution is -2.26. The highest BCUT2D eigenvalue weighted by Crippen LogP contribution is 1.95. The molecule has 0 aliphatic carbocycles. The molecule has 0 aromatic heterocycles. The van der Waals surface area contributed by atoms with E-state index in [0.29, 0.717) is 13.0 Å². The monoisotopic (exact) mass is 231 g/mol. The summed E-state index contributed by atoms with van der Waals surface area (Å²) in [5.41, 5.74) is 0. The van der Waals surface area contributed by atoms with Gasteiger partial charge in [-0.15, -0.1) is 0 Å². The Hall–Kier alpha value is -1.59. The molecule has 6 nitrogen and oxygen atoms in total. The third-order valence-electron chi connectivity index (χ3n) is 1.75. The topological polar surface area (TPSA) is 92.7 Å². The minimum atomic E-state index is -0.917. The Bertz CT molecular complexity index is 252. The molecule has 0 aliphatic heterocycles. The van der Waals surface area contributed by atoms with Crippen LogP contribution < -0.4 is 5.32 Å². The quantitative estimate of drug-likeness (QED) is 0.586. The standard InChI is InChI=1S/C10H17NO5/c1-2-16-10(15)6-7-11-8(12)4-3-5-9(13)14/h2-7H2,1H3,(H,11,12)(H,13,14). The van der Waals surface area contributed by atoms with Crippen LogP contribution in [-0.2, 0) is 19.1 Å². The van der Waals surface area contributed by atoms with Crippen LogP contribution in [0, 0.1) is 0 Å². The van der Waals surface area contributed by atoms with E-state index in [1.165, 1.54) is 0 Å². The molecular formula is C10H17NO5. The number of carbonyl (C=O) groups is 3. The first kappa shape index (κ1) is 14.4. The molecule has 6 heteroatoms. The van der Waals surface area contributed by atoms with E-state index < -0.39 is 5.97 Å². The van der Waals surface area contributed by atoms with Gasteiger partial charge in [-0.25, -0.2) is 0 Å². The van der Waals surface area contributed by atoms with Crippen LogP contribution in [0.5, 0.6) is 0 Å². The van der Waals surface area contributed by atoms with Crippen LogP contribution in [0.2, 0.25) is 0 Å².